The minimum absolute atomic E-state index is 0.276. The third-order valence-electron chi connectivity index (χ3n) is 5.25. The Kier molecular flexibility index (Phi) is 5.33. The Bertz CT molecular complexity index is 462. The quantitative estimate of drug-likeness (QED) is 0.894. The molecule has 1 unspecified atom stereocenters. The van der Waals surface area contributed by atoms with E-state index in [0.717, 1.165) is 19.2 Å². The number of rotatable bonds is 5. The second-order valence-electron chi connectivity index (χ2n) is 6.26. The topological polar surface area (TPSA) is 29.3 Å². The summed E-state index contributed by atoms with van der Waals surface area (Å²) in [7, 11) is 0. The van der Waals surface area contributed by atoms with Gasteiger partial charge in [-0.15, -0.1) is 0 Å². The van der Waals surface area contributed by atoms with Gasteiger partial charge < -0.3 is 10.6 Å². The molecule has 118 valence electrons. The van der Waals surface area contributed by atoms with E-state index in [2.05, 4.69) is 18.7 Å². The molecule has 1 aliphatic rings. The summed E-state index contributed by atoms with van der Waals surface area (Å²) < 4.78 is 27.0. The fourth-order valence-electron chi connectivity index (χ4n) is 3.35. The van der Waals surface area contributed by atoms with E-state index in [9.17, 15) is 8.78 Å². The van der Waals surface area contributed by atoms with Crippen molar-refractivity contribution < 1.29 is 8.78 Å². The van der Waals surface area contributed by atoms with Crippen LogP contribution < -0.4 is 5.73 Å². The number of nitrogens with two attached hydrogens (primary N) is 1. The Morgan fingerprint density at radius 2 is 1.81 bits per heavy atom. The van der Waals surface area contributed by atoms with Gasteiger partial charge in [0, 0.05) is 18.2 Å². The van der Waals surface area contributed by atoms with Gasteiger partial charge in [0.1, 0.15) is 0 Å². The lowest BCUT2D eigenvalue weighted by molar-refractivity contribution is 0.0911. The minimum atomic E-state index is -0.822. The van der Waals surface area contributed by atoms with Crippen LogP contribution in [-0.4, -0.2) is 24.5 Å². The molecule has 0 bridgehead atoms. The summed E-state index contributed by atoms with van der Waals surface area (Å²) in [5.41, 5.74) is 6.82. The highest BCUT2D eigenvalue weighted by atomic mass is 19.2. The highest BCUT2D eigenvalue weighted by Gasteiger charge is 2.31. The molecule has 1 atom stereocenters. The normalized spacial score (nSPS) is 20.4. The van der Waals surface area contributed by atoms with Gasteiger partial charge in [0.25, 0.3) is 0 Å². The van der Waals surface area contributed by atoms with Crippen LogP contribution in [0.15, 0.2) is 18.2 Å². The van der Waals surface area contributed by atoms with E-state index in [0.29, 0.717) is 12.0 Å². The summed E-state index contributed by atoms with van der Waals surface area (Å²) in [5, 5.41) is 0. The van der Waals surface area contributed by atoms with Crippen LogP contribution >= 0.6 is 0 Å². The first kappa shape index (κ1) is 16.4. The van der Waals surface area contributed by atoms with Gasteiger partial charge in [0.2, 0.25) is 0 Å². The highest BCUT2D eigenvalue weighted by molar-refractivity contribution is 5.22. The summed E-state index contributed by atoms with van der Waals surface area (Å²) in [4.78, 5) is 2.28. The second-order valence-corrected chi connectivity index (χ2v) is 6.26. The molecule has 1 heterocycles. The minimum Gasteiger partial charge on any atom is -0.323 e. The molecule has 0 aromatic heterocycles. The lowest BCUT2D eigenvalue weighted by atomic mass is 9.74. The molecule has 0 aliphatic carbocycles. The summed E-state index contributed by atoms with van der Waals surface area (Å²) >= 11 is 0. The molecular weight excluding hydrogens is 270 g/mol. The van der Waals surface area contributed by atoms with Gasteiger partial charge in [-0.2, -0.15) is 0 Å². The monoisotopic (exact) mass is 296 g/mol. The number of hydrogen-bond donors (Lipinski definition) is 1. The standard InChI is InChI=1S/C17H26F2N2/c1-3-17(4-2)8-10-21(11-9-17)12-15(20)13-6-5-7-14(18)16(13)19/h5-7,15H,3-4,8-12,20H2,1-2H3. The van der Waals surface area contributed by atoms with Crippen molar-refractivity contribution in [2.24, 2.45) is 11.1 Å². The Balaban J connectivity index is 1.96. The van der Waals surface area contributed by atoms with Crippen LogP contribution in [0.3, 0.4) is 0 Å². The van der Waals surface area contributed by atoms with E-state index >= 15 is 0 Å². The van der Waals surface area contributed by atoms with Gasteiger partial charge >= 0.3 is 0 Å². The molecule has 2 nitrogen and oxygen atoms in total. The number of benzene rings is 1. The van der Waals surface area contributed by atoms with Gasteiger partial charge in [0.15, 0.2) is 11.6 Å². The summed E-state index contributed by atoms with van der Waals surface area (Å²) in [6.45, 7) is 7.09. The Morgan fingerprint density at radius 1 is 1.19 bits per heavy atom. The molecule has 21 heavy (non-hydrogen) atoms. The maximum Gasteiger partial charge on any atom is 0.163 e. The molecule has 0 spiro atoms. The number of piperidine rings is 1. The summed E-state index contributed by atoms with van der Waals surface area (Å²) in [5.74, 6) is -1.63. The number of hydrogen-bond acceptors (Lipinski definition) is 2. The van der Waals surface area contributed by atoms with E-state index in [1.807, 2.05) is 0 Å². The summed E-state index contributed by atoms with van der Waals surface area (Å²) in [6, 6.07) is 3.75. The molecule has 1 aromatic carbocycles. The molecule has 1 fully saturated rings. The van der Waals surface area contributed by atoms with Crippen LogP contribution in [0.2, 0.25) is 0 Å². The zero-order valence-corrected chi connectivity index (χ0v) is 13.0. The molecule has 0 radical (unpaired) electrons. The van der Waals surface area contributed by atoms with Gasteiger partial charge in [-0.1, -0.05) is 38.8 Å². The smallest absolute Gasteiger partial charge is 0.163 e. The van der Waals surface area contributed by atoms with Crippen molar-refractivity contribution >= 4 is 0 Å². The molecule has 1 aromatic rings. The molecule has 0 amide bonds. The Hall–Kier alpha value is -1.00. The van der Waals surface area contributed by atoms with Crippen LogP contribution in [0.5, 0.6) is 0 Å². The average Bonchev–Trinajstić information content (AvgIpc) is 2.51. The number of likely N-dealkylation sites (tertiary alicyclic amines) is 1. The highest BCUT2D eigenvalue weighted by Crippen LogP contribution is 2.38. The fraction of sp³-hybridized carbons (Fsp3) is 0.647. The van der Waals surface area contributed by atoms with E-state index in [4.69, 9.17) is 5.73 Å². The maximum atomic E-state index is 13.8. The van der Waals surface area contributed by atoms with Crippen molar-refractivity contribution in [1.29, 1.82) is 0 Å². The Morgan fingerprint density at radius 3 is 2.38 bits per heavy atom. The van der Waals surface area contributed by atoms with Crippen LogP contribution in [0.1, 0.15) is 51.1 Å². The van der Waals surface area contributed by atoms with Crippen molar-refractivity contribution in [1.82, 2.24) is 4.90 Å². The second kappa shape index (κ2) is 6.84. The van der Waals surface area contributed by atoms with Crippen molar-refractivity contribution in [3.63, 3.8) is 0 Å². The van der Waals surface area contributed by atoms with Crippen molar-refractivity contribution in [2.45, 2.75) is 45.6 Å². The van der Waals surface area contributed by atoms with E-state index in [1.54, 1.807) is 6.07 Å². The lowest BCUT2D eigenvalue weighted by Gasteiger charge is -2.41. The van der Waals surface area contributed by atoms with Gasteiger partial charge in [-0.05, 0) is 37.4 Å². The molecule has 0 saturated carbocycles. The zero-order chi connectivity index (χ0) is 15.5. The number of nitrogens with zero attached hydrogens (tertiary/aromatic N) is 1. The molecule has 1 saturated heterocycles. The van der Waals surface area contributed by atoms with Crippen molar-refractivity contribution in [3.8, 4) is 0 Å². The van der Waals surface area contributed by atoms with Crippen LogP contribution in [0.4, 0.5) is 8.78 Å². The van der Waals surface area contributed by atoms with Crippen molar-refractivity contribution in [2.75, 3.05) is 19.6 Å². The predicted octanol–water partition coefficient (Wildman–Crippen LogP) is 3.87. The maximum absolute atomic E-state index is 13.8. The zero-order valence-electron chi connectivity index (χ0n) is 13.0. The molecule has 4 heteroatoms. The van der Waals surface area contributed by atoms with Gasteiger partial charge in [0.05, 0.1) is 0 Å². The first-order valence-electron chi connectivity index (χ1n) is 7.93. The van der Waals surface area contributed by atoms with Gasteiger partial charge in [-0.25, -0.2) is 8.78 Å². The SMILES string of the molecule is CCC1(CC)CCN(CC(N)c2cccc(F)c2F)CC1. The van der Waals surface area contributed by atoms with E-state index in [1.165, 1.54) is 31.7 Å². The van der Waals surface area contributed by atoms with Crippen LogP contribution in [0.25, 0.3) is 0 Å². The lowest BCUT2D eigenvalue weighted by Crippen LogP contribution is -2.42. The molecular formula is C17H26F2N2. The summed E-state index contributed by atoms with van der Waals surface area (Å²) in [6.07, 6.45) is 4.75. The Labute approximate surface area is 126 Å². The first-order valence-corrected chi connectivity index (χ1v) is 7.93. The van der Waals surface area contributed by atoms with Crippen LogP contribution in [-0.2, 0) is 0 Å². The fourth-order valence-corrected chi connectivity index (χ4v) is 3.35. The molecule has 2 rings (SSSR count). The molecule has 1 aliphatic heterocycles. The third-order valence-corrected chi connectivity index (χ3v) is 5.25. The molecule has 2 N–H and O–H groups in total. The largest absolute Gasteiger partial charge is 0.323 e. The third kappa shape index (κ3) is 3.61. The van der Waals surface area contributed by atoms with E-state index < -0.39 is 17.7 Å². The van der Waals surface area contributed by atoms with Gasteiger partial charge in [-0.3, -0.25) is 0 Å². The first-order chi connectivity index (χ1) is 10.0. The van der Waals surface area contributed by atoms with Crippen LogP contribution in [0, 0.1) is 17.0 Å². The predicted molar refractivity (Wildman–Crippen MR) is 82.0 cm³/mol. The van der Waals surface area contributed by atoms with Crippen molar-refractivity contribution in [3.05, 3.63) is 35.4 Å². The van der Waals surface area contributed by atoms with E-state index in [-0.39, 0.29) is 5.56 Å². The average molecular weight is 296 g/mol. The number of halogens is 2.